The molecule has 1 amide bonds. The molecule has 7 heteroatoms. The number of benzene rings is 1. The number of hydrazine groups is 1. The molecule has 1 heterocycles. The number of hydrogen-bond acceptors (Lipinski definition) is 5. The largest absolute Gasteiger partial charge is 0.345 e. The number of aromatic nitrogens is 3. The Morgan fingerprint density at radius 3 is 2.94 bits per heavy atom. The smallest absolute Gasteiger partial charge is 0.251 e. The molecule has 0 saturated carbocycles. The molecule has 18 heavy (non-hydrogen) atoms. The van der Waals surface area contributed by atoms with Crippen LogP contribution in [0.2, 0.25) is 0 Å². The van der Waals surface area contributed by atoms with Crippen LogP contribution in [-0.4, -0.2) is 21.1 Å². The van der Waals surface area contributed by atoms with E-state index in [0.29, 0.717) is 17.9 Å². The van der Waals surface area contributed by atoms with Crippen LogP contribution < -0.4 is 16.6 Å². The lowest BCUT2D eigenvalue weighted by atomic mass is 10.1. The molecular weight excluding hydrogens is 232 g/mol. The van der Waals surface area contributed by atoms with Crippen molar-refractivity contribution in [2.24, 2.45) is 5.84 Å². The summed E-state index contributed by atoms with van der Waals surface area (Å²) in [6.07, 6.45) is 1.40. The Bertz CT molecular complexity index is 536. The molecule has 94 valence electrons. The number of hydrogen-bond donors (Lipinski definition) is 4. The second-order valence-corrected chi connectivity index (χ2v) is 3.79. The van der Waals surface area contributed by atoms with Crippen molar-refractivity contribution in [2.75, 3.05) is 5.43 Å². The number of anilines is 1. The van der Waals surface area contributed by atoms with Gasteiger partial charge in [0.15, 0.2) is 0 Å². The quantitative estimate of drug-likeness (QED) is 0.459. The number of nitrogens with zero attached hydrogens (tertiary/aromatic N) is 2. The highest BCUT2D eigenvalue weighted by Gasteiger charge is 2.07. The van der Waals surface area contributed by atoms with E-state index in [4.69, 9.17) is 5.84 Å². The molecular formula is C11H14N6O. The average molecular weight is 246 g/mol. The lowest BCUT2D eigenvalue weighted by molar-refractivity contribution is 0.0950. The number of aromatic amines is 1. The molecule has 0 aliphatic carbocycles. The van der Waals surface area contributed by atoms with Crippen molar-refractivity contribution in [3.63, 3.8) is 0 Å². The van der Waals surface area contributed by atoms with Gasteiger partial charge in [-0.05, 0) is 30.7 Å². The maximum Gasteiger partial charge on any atom is 0.251 e. The number of rotatable bonds is 4. The van der Waals surface area contributed by atoms with Gasteiger partial charge in [0.05, 0.1) is 12.2 Å². The molecule has 1 aromatic carbocycles. The molecule has 2 rings (SSSR count). The third-order valence-corrected chi connectivity index (χ3v) is 2.53. The molecule has 0 unspecified atom stereocenters. The van der Waals surface area contributed by atoms with E-state index in [-0.39, 0.29) is 5.91 Å². The molecule has 0 saturated heterocycles. The van der Waals surface area contributed by atoms with Crippen molar-refractivity contribution in [2.45, 2.75) is 13.5 Å². The summed E-state index contributed by atoms with van der Waals surface area (Å²) in [7, 11) is 0. The SMILES string of the molecule is Cc1cc(C(=O)NCc2ncn[nH]2)ccc1NN. The maximum atomic E-state index is 11.9. The number of H-pyrrole nitrogens is 1. The van der Waals surface area contributed by atoms with Gasteiger partial charge in [-0.15, -0.1) is 0 Å². The summed E-state index contributed by atoms with van der Waals surface area (Å²) in [5, 5.41) is 9.11. The number of nitrogens with two attached hydrogens (primary N) is 1. The monoisotopic (exact) mass is 246 g/mol. The third kappa shape index (κ3) is 2.64. The van der Waals surface area contributed by atoms with Gasteiger partial charge in [0.2, 0.25) is 0 Å². The lowest BCUT2D eigenvalue weighted by Gasteiger charge is -2.07. The Morgan fingerprint density at radius 1 is 1.50 bits per heavy atom. The van der Waals surface area contributed by atoms with Crippen molar-refractivity contribution in [1.82, 2.24) is 20.5 Å². The average Bonchev–Trinajstić information content (AvgIpc) is 2.89. The zero-order chi connectivity index (χ0) is 13.0. The normalized spacial score (nSPS) is 10.1. The molecule has 2 aromatic rings. The van der Waals surface area contributed by atoms with Gasteiger partial charge < -0.3 is 10.7 Å². The number of nitrogen functional groups attached to an aromatic ring is 1. The van der Waals surface area contributed by atoms with Crippen LogP contribution in [0.4, 0.5) is 5.69 Å². The Morgan fingerprint density at radius 2 is 2.33 bits per heavy atom. The second kappa shape index (κ2) is 5.28. The van der Waals surface area contributed by atoms with Crippen molar-refractivity contribution in [3.8, 4) is 0 Å². The van der Waals surface area contributed by atoms with Gasteiger partial charge in [-0.3, -0.25) is 15.7 Å². The van der Waals surface area contributed by atoms with Crippen LogP contribution in [0, 0.1) is 6.92 Å². The van der Waals surface area contributed by atoms with Crippen LogP contribution in [0.3, 0.4) is 0 Å². The number of carbonyl (C=O) groups excluding carboxylic acids is 1. The van der Waals surface area contributed by atoms with Crippen LogP contribution in [0.1, 0.15) is 21.7 Å². The van der Waals surface area contributed by atoms with E-state index in [1.807, 2.05) is 6.92 Å². The van der Waals surface area contributed by atoms with E-state index >= 15 is 0 Å². The Balaban J connectivity index is 2.02. The minimum atomic E-state index is -0.168. The number of nitrogens with one attached hydrogen (secondary N) is 3. The summed E-state index contributed by atoms with van der Waals surface area (Å²) in [5.74, 6) is 5.77. The number of aryl methyl sites for hydroxylation is 1. The van der Waals surface area contributed by atoms with Gasteiger partial charge in [0.1, 0.15) is 12.2 Å². The number of amides is 1. The lowest BCUT2D eigenvalue weighted by Crippen LogP contribution is -2.23. The summed E-state index contributed by atoms with van der Waals surface area (Å²) in [4.78, 5) is 15.8. The summed E-state index contributed by atoms with van der Waals surface area (Å²) in [6, 6.07) is 5.24. The molecule has 0 atom stereocenters. The first-order valence-corrected chi connectivity index (χ1v) is 5.40. The highest BCUT2D eigenvalue weighted by atomic mass is 16.1. The zero-order valence-electron chi connectivity index (χ0n) is 9.90. The van der Waals surface area contributed by atoms with Crippen LogP contribution in [0.5, 0.6) is 0 Å². The van der Waals surface area contributed by atoms with E-state index in [1.54, 1.807) is 18.2 Å². The standard InChI is InChI=1S/C11H14N6O/c1-7-4-8(2-3-9(7)16-12)11(18)13-5-10-14-6-15-17-10/h2-4,6,16H,5,12H2,1H3,(H,13,18)(H,14,15,17). The van der Waals surface area contributed by atoms with Gasteiger partial charge in [-0.2, -0.15) is 5.10 Å². The topological polar surface area (TPSA) is 109 Å². The number of carbonyl (C=O) groups is 1. The predicted molar refractivity (Wildman–Crippen MR) is 66.5 cm³/mol. The molecule has 0 spiro atoms. The maximum absolute atomic E-state index is 11.9. The van der Waals surface area contributed by atoms with Crippen molar-refractivity contribution in [1.29, 1.82) is 0 Å². The summed E-state index contributed by atoms with van der Waals surface area (Å²) >= 11 is 0. The fraction of sp³-hybridized carbons (Fsp3) is 0.182. The summed E-state index contributed by atoms with van der Waals surface area (Å²) in [5.41, 5.74) is 4.84. The summed E-state index contributed by atoms with van der Waals surface area (Å²) < 4.78 is 0. The van der Waals surface area contributed by atoms with E-state index in [9.17, 15) is 4.79 Å². The first-order valence-electron chi connectivity index (χ1n) is 5.40. The van der Waals surface area contributed by atoms with Crippen molar-refractivity contribution >= 4 is 11.6 Å². The van der Waals surface area contributed by atoms with E-state index in [1.165, 1.54) is 6.33 Å². The van der Waals surface area contributed by atoms with Gasteiger partial charge in [0, 0.05) is 5.56 Å². The predicted octanol–water partition coefficient (Wildman–Crippen LogP) is 0.329. The molecule has 0 fully saturated rings. The van der Waals surface area contributed by atoms with E-state index < -0.39 is 0 Å². The highest BCUT2D eigenvalue weighted by Crippen LogP contribution is 2.15. The molecule has 0 bridgehead atoms. The Kier molecular flexibility index (Phi) is 3.54. The van der Waals surface area contributed by atoms with Gasteiger partial charge in [0.25, 0.3) is 5.91 Å². The molecule has 7 nitrogen and oxygen atoms in total. The molecule has 5 N–H and O–H groups in total. The second-order valence-electron chi connectivity index (χ2n) is 3.79. The minimum absolute atomic E-state index is 0.168. The van der Waals surface area contributed by atoms with Crippen LogP contribution in [0.15, 0.2) is 24.5 Å². The van der Waals surface area contributed by atoms with Crippen LogP contribution in [-0.2, 0) is 6.54 Å². The van der Waals surface area contributed by atoms with Crippen molar-refractivity contribution in [3.05, 3.63) is 41.5 Å². The molecule has 0 radical (unpaired) electrons. The molecule has 0 aliphatic heterocycles. The third-order valence-electron chi connectivity index (χ3n) is 2.53. The van der Waals surface area contributed by atoms with Crippen LogP contribution >= 0.6 is 0 Å². The fourth-order valence-electron chi connectivity index (χ4n) is 1.55. The van der Waals surface area contributed by atoms with E-state index in [2.05, 4.69) is 25.9 Å². The zero-order valence-corrected chi connectivity index (χ0v) is 9.90. The highest BCUT2D eigenvalue weighted by molar-refractivity contribution is 5.94. The van der Waals surface area contributed by atoms with Crippen molar-refractivity contribution < 1.29 is 4.79 Å². The Labute approximate surface area is 104 Å². The first kappa shape index (κ1) is 12.1. The summed E-state index contributed by atoms with van der Waals surface area (Å²) in [6.45, 7) is 2.19. The van der Waals surface area contributed by atoms with Gasteiger partial charge >= 0.3 is 0 Å². The first-order chi connectivity index (χ1) is 8.70. The van der Waals surface area contributed by atoms with Gasteiger partial charge in [-0.1, -0.05) is 0 Å². The molecule has 1 aromatic heterocycles. The van der Waals surface area contributed by atoms with Crippen LogP contribution in [0.25, 0.3) is 0 Å². The fourth-order valence-corrected chi connectivity index (χ4v) is 1.55. The molecule has 0 aliphatic rings. The minimum Gasteiger partial charge on any atom is -0.345 e. The van der Waals surface area contributed by atoms with E-state index in [0.717, 1.165) is 11.3 Å². The Hall–Kier alpha value is -2.41. The van der Waals surface area contributed by atoms with Gasteiger partial charge in [-0.25, -0.2) is 4.98 Å².